The topological polar surface area (TPSA) is 97.3 Å². The van der Waals surface area contributed by atoms with E-state index in [1.165, 1.54) is 36.6 Å². The molecule has 4 aromatic rings. The third kappa shape index (κ3) is 7.38. The number of amides is 2. The Labute approximate surface area is 274 Å². The molecule has 47 heavy (non-hydrogen) atoms. The molecule has 2 N–H and O–H groups in total. The molecule has 2 atom stereocenters. The molecule has 1 aromatic heterocycles. The van der Waals surface area contributed by atoms with Gasteiger partial charge >= 0.3 is 22.9 Å². The van der Waals surface area contributed by atoms with Gasteiger partial charge in [-0.25, -0.2) is 4.39 Å². The highest BCUT2D eigenvalue weighted by Gasteiger charge is 2.73. The van der Waals surface area contributed by atoms with Gasteiger partial charge in [-0.15, -0.1) is 0 Å². The van der Waals surface area contributed by atoms with Crippen LogP contribution in [0.4, 0.5) is 36.4 Å². The van der Waals surface area contributed by atoms with Gasteiger partial charge in [-0.1, -0.05) is 47.2 Å². The van der Waals surface area contributed by atoms with Crippen molar-refractivity contribution in [3.8, 4) is 0 Å². The van der Waals surface area contributed by atoms with Crippen molar-refractivity contribution in [2.75, 3.05) is 17.3 Å². The van der Waals surface area contributed by atoms with Crippen LogP contribution < -0.4 is 15.5 Å². The minimum atomic E-state index is -6.29. The summed E-state index contributed by atoms with van der Waals surface area (Å²) in [5, 5.41) is 5.38. The van der Waals surface area contributed by atoms with E-state index in [0.717, 1.165) is 10.6 Å². The fourth-order valence-electron chi connectivity index (χ4n) is 4.89. The van der Waals surface area contributed by atoms with Crippen molar-refractivity contribution in [1.29, 1.82) is 0 Å². The first kappa shape index (κ1) is 36.1. The zero-order valence-electron chi connectivity index (χ0n) is 24.6. The predicted octanol–water partition coefficient (Wildman–Crippen LogP) is 7.11. The van der Waals surface area contributed by atoms with Gasteiger partial charge in [-0.2, -0.15) is 26.3 Å². The Balaban J connectivity index is 1.58. The van der Waals surface area contributed by atoms with Crippen molar-refractivity contribution < 1.29 is 44.5 Å². The standard InChI is InChI=1S/C30H25ClF7N3O4S2/c1-15-11-17(13-41-22-10-8-18(12-23(22)46-27(41)44)28(32,29(33,34)35)30(36,37)38)7-9-21(15)40-25(42)19-5-4-6-20(31)24(19)26(43)39-16(2)14-47(3)45/h4-12,16H,13-14H2,1-3H3,(H,39,43)(H,40,42)/t16-,47?/m0/s1. The third-order valence-electron chi connectivity index (χ3n) is 7.07. The van der Waals surface area contributed by atoms with E-state index < -0.39 is 57.1 Å². The second-order valence-electron chi connectivity index (χ2n) is 10.7. The summed E-state index contributed by atoms with van der Waals surface area (Å²) in [6.45, 7) is 3.14. The zero-order valence-corrected chi connectivity index (χ0v) is 27.0. The van der Waals surface area contributed by atoms with Crippen LogP contribution in [0.2, 0.25) is 5.02 Å². The van der Waals surface area contributed by atoms with Gasteiger partial charge in [-0.3, -0.25) is 23.2 Å². The summed E-state index contributed by atoms with van der Waals surface area (Å²) < 4.78 is 106. The molecule has 3 aromatic carbocycles. The molecule has 0 fully saturated rings. The van der Waals surface area contributed by atoms with E-state index in [1.54, 1.807) is 19.9 Å². The summed E-state index contributed by atoms with van der Waals surface area (Å²) in [7, 11) is -1.18. The van der Waals surface area contributed by atoms with Crippen LogP contribution in [-0.2, 0) is 23.0 Å². The Kier molecular flexibility index (Phi) is 10.3. The third-order valence-corrected chi connectivity index (χ3v) is 9.30. The molecule has 1 heterocycles. The second kappa shape index (κ2) is 13.4. The average Bonchev–Trinajstić information content (AvgIpc) is 3.25. The molecular weight excluding hydrogens is 699 g/mol. The fraction of sp³-hybridized carbons (Fsp3) is 0.300. The predicted molar refractivity (Wildman–Crippen MR) is 167 cm³/mol. The molecule has 1 unspecified atom stereocenters. The number of aromatic nitrogens is 1. The highest BCUT2D eigenvalue weighted by molar-refractivity contribution is 7.84. The molecule has 17 heteroatoms. The van der Waals surface area contributed by atoms with E-state index in [9.17, 15) is 49.3 Å². The quantitative estimate of drug-likeness (QED) is 0.180. The molecule has 0 radical (unpaired) electrons. The molecule has 0 saturated carbocycles. The summed E-state index contributed by atoms with van der Waals surface area (Å²) in [6.07, 6.45) is -11.1. The Hall–Kier alpha value is -3.76. The molecule has 252 valence electrons. The smallest absolute Gasteiger partial charge is 0.349 e. The monoisotopic (exact) mass is 723 g/mol. The van der Waals surface area contributed by atoms with Gasteiger partial charge in [0.05, 0.1) is 32.9 Å². The maximum absolute atomic E-state index is 14.6. The highest BCUT2D eigenvalue weighted by atomic mass is 35.5. The van der Waals surface area contributed by atoms with Crippen LogP contribution in [0.25, 0.3) is 10.2 Å². The minimum Gasteiger partial charge on any atom is -0.349 e. The molecule has 7 nitrogen and oxygen atoms in total. The number of carbonyl (C=O) groups is 2. The SMILES string of the molecule is Cc1cc(Cn2c(=O)sc3cc(C(F)(C(F)(F)F)C(F)(F)F)ccc32)ccc1NC(=O)c1cccc(Cl)c1C(=O)N[C@@H](C)CS(C)=O. The van der Waals surface area contributed by atoms with Crippen LogP contribution in [0.15, 0.2) is 59.4 Å². The molecule has 2 amide bonds. The number of carbonyl (C=O) groups excluding carboxylic acids is 2. The normalized spacial score (nSPS) is 13.8. The number of benzene rings is 3. The minimum absolute atomic E-state index is 0.00302. The Bertz CT molecular complexity index is 1930. The van der Waals surface area contributed by atoms with Gasteiger partial charge in [0.15, 0.2) is 0 Å². The first-order valence-electron chi connectivity index (χ1n) is 13.5. The summed E-state index contributed by atoms with van der Waals surface area (Å²) in [5.41, 5.74) is -6.13. The maximum atomic E-state index is 14.6. The van der Waals surface area contributed by atoms with Crippen molar-refractivity contribution in [2.24, 2.45) is 0 Å². The summed E-state index contributed by atoms with van der Waals surface area (Å²) >= 11 is 6.62. The molecule has 0 spiro atoms. The van der Waals surface area contributed by atoms with Crippen LogP contribution >= 0.6 is 22.9 Å². The number of nitrogens with zero attached hydrogens (tertiary/aromatic N) is 1. The second-order valence-corrected chi connectivity index (χ2v) is 13.6. The Morgan fingerprint density at radius 2 is 1.64 bits per heavy atom. The van der Waals surface area contributed by atoms with E-state index in [4.69, 9.17) is 11.6 Å². The number of aryl methyl sites for hydroxylation is 1. The largest absolute Gasteiger partial charge is 0.435 e. The zero-order chi connectivity index (χ0) is 35.1. The van der Waals surface area contributed by atoms with Gasteiger partial charge < -0.3 is 10.6 Å². The fourth-order valence-corrected chi connectivity index (χ4v) is 6.87. The molecule has 4 rings (SSSR count). The lowest BCUT2D eigenvalue weighted by Crippen LogP contribution is -2.50. The number of hydrogen-bond acceptors (Lipinski definition) is 5. The van der Waals surface area contributed by atoms with E-state index in [2.05, 4.69) is 10.6 Å². The van der Waals surface area contributed by atoms with Crippen molar-refractivity contribution in [1.82, 2.24) is 9.88 Å². The summed E-state index contributed by atoms with van der Waals surface area (Å²) in [5.74, 6) is -1.12. The van der Waals surface area contributed by atoms with Gasteiger partial charge in [-0.05, 0) is 55.3 Å². The molecule has 0 saturated heterocycles. The molecule has 0 aliphatic heterocycles. The number of rotatable bonds is 9. The molecule has 0 aliphatic carbocycles. The van der Waals surface area contributed by atoms with Crippen molar-refractivity contribution in [3.05, 3.63) is 97.1 Å². The summed E-state index contributed by atoms with van der Waals surface area (Å²) in [4.78, 5) is 38.2. The number of nitrogens with one attached hydrogen (secondary N) is 2. The van der Waals surface area contributed by atoms with Crippen molar-refractivity contribution in [2.45, 2.75) is 44.5 Å². The van der Waals surface area contributed by atoms with Crippen LogP contribution in [0, 0.1) is 6.92 Å². The van der Waals surface area contributed by atoms with Gasteiger partial charge in [0.1, 0.15) is 0 Å². The Morgan fingerprint density at radius 3 is 2.23 bits per heavy atom. The van der Waals surface area contributed by atoms with E-state index in [0.29, 0.717) is 40.3 Å². The van der Waals surface area contributed by atoms with Crippen molar-refractivity contribution >= 4 is 61.5 Å². The number of thiazole rings is 1. The lowest BCUT2D eigenvalue weighted by molar-refractivity contribution is -0.348. The lowest BCUT2D eigenvalue weighted by atomic mass is 9.94. The first-order chi connectivity index (χ1) is 21.7. The van der Waals surface area contributed by atoms with E-state index in [1.807, 2.05) is 0 Å². The van der Waals surface area contributed by atoms with Gasteiger partial charge in [0.2, 0.25) is 0 Å². The summed E-state index contributed by atoms with van der Waals surface area (Å²) in [6, 6.07) is 10.0. The van der Waals surface area contributed by atoms with Crippen LogP contribution in [0.3, 0.4) is 0 Å². The lowest BCUT2D eigenvalue weighted by Gasteiger charge is -2.30. The number of halogens is 8. The highest BCUT2D eigenvalue weighted by Crippen LogP contribution is 2.53. The molecule has 0 bridgehead atoms. The number of hydrogen-bond donors (Lipinski definition) is 2. The molecular formula is C30H25ClF7N3O4S2. The van der Waals surface area contributed by atoms with Crippen LogP contribution in [0.1, 0.15) is 44.3 Å². The number of alkyl halides is 7. The van der Waals surface area contributed by atoms with E-state index >= 15 is 0 Å². The van der Waals surface area contributed by atoms with Crippen LogP contribution in [-0.4, -0.2) is 51.0 Å². The van der Waals surface area contributed by atoms with Gasteiger partial charge in [0.25, 0.3) is 11.8 Å². The van der Waals surface area contributed by atoms with E-state index in [-0.39, 0.29) is 38.7 Å². The Morgan fingerprint density at radius 1 is 0.979 bits per heavy atom. The number of fused-ring (bicyclic) bond motifs is 1. The van der Waals surface area contributed by atoms with Crippen LogP contribution in [0.5, 0.6) is 0 Å². The van der Waals surface area contributed by atoms with Gasteiger partial charge in [0, 0.05) is 40.1 Å². The van der Waals surface area contributed by atoms with Crippen molar-refractivity contribution in [3.63, 3.8) is 0 Å². The first-order valence-corrected chi connectivity index (χ1v) is 16.4. The average molecular weight is 724 g/mol. The number of anilines is 1. The maximum Gasteiger partial charge on any atom is 0.435 e. The molecule has 0 aliphatic rings.